The molecule has 142 valence electrons. The lowest BCUT2D eigenvalue weighted by atomic mass is 10.1. The lowest BCUT2D eigenvalue weighted by Gasteiger charge is -2.26. The van der Waals surface area contributed by atoms with Gasteiger partial charge in [0.25, 0.3) is 11.8 Å². The summed E-state index contributed by atoms with van der Waals surface area (Å²) in [5.41, 5.74) is 2.09. The summed E-state index contributed by atoms with van der Waals surface area (Å²) in [5, 5.41) is 2.70. The fourth-order valence-corrected chi connectivity index (χ4v) is 3.53. The molecule has 0 aliphatic carbocycles. The SMILES string of the molecule is O=C1NC(=O)N(c2ccc(Cl)cc2)C(=O)C1=Cc1ccc(N2CCCC2)cc1. The maximum absolute atomic E-state index is 12.8. The molecule has 6 nitrogen and oxygen atoms in total. The molecule has 0 atom stereocenters. The van der Waals surface area contributed by atoms with Crippen LogP contribution >= 0.6 is 11.6 Å². The summed E-state index contributed by atoms with van der Waals surface area (Å²) in [6.45, 7) is 2.08. The summed E-state index contributed by atoms with van der Waals surface area (Å²) in [7, 11) is 0. The zero-order valence-electron chi connectivity index (χ0n) is 15.0. The Hall–Kier alpha value is -3.12. The second-order valence-corrected chi connectivity index (χ2v) is 7.16. The Morgan fingerprint density at radius 2 is 1.46 bits per heavy atom. The number of hydrogen-bond donors (Lipinski definition) is 1. The number of carbonyl (C=O) groups excluding carboxylic acids is 3. The summed E-state index contributed by atoms with van der Waals surface area (Å²) < 4.78 is 0. The number of hydrogen-bond acceptors (Lipinski definition) is 4. The number of urea groups is 1. The normalized spacial score (nSPS) is 18.8. The summed E-state index contributed by atoms with van der Waals surface area (Å²) in [6.07, 6.45) is 3.88. The fraction of sp³-hybridized carbons (Fsp3) is 0.190. The molecule has 2 heterocycles. The topological polar surface area (TPSA) is 69.7 Å². The first-order valence-electron chi connectivity index (χ1n) is 9.05. The van der Waals surface area contributed by atoms with Crippen molar-refractivity contribution < 1.29 is 14.4 Å². The smallest absolute Gasteiger partial charge is 0.335 e. The van der Waals surface area contributed by atoms with Gasteiger partial charge in [-0.3, -0.25) is 14.9 Å². The number of nitrogens with zero attached hydrogens (tertiary/aromatic N) is 2. The summed E-state index contributed by atoms with van der Waals surface area (Å²) in [6, 6.07) is 13.2. The zero-order chi connectivity index (χ0) is 19.7. The Morgan fingerprint density at radius 3 is 2.11 bits per heavy atom. The molecule has 7 heteroatoms. The second-order valence-electron chi connectivity index (χ2n) is 6.72. The maximum atomic E-state index is 12.8. The highest BCUT2D eigenvalue weighted by Gasteiger charge is 2.36. The van der Waals surface area contributed by atoms with Gasteiger partial charge in [-0.25, -0.2) is 9.69 Å². The van der Waals surface area contributed by atoms with Crippen LogP contribution in [0.1, 0.15) is 18.4 Å². The highest BCUT2D eigenvalue weighted by molar-refractivity contribution is 6.39. The van der Waals surface area contributed by atoms with Gasteiger partial charge in [0.1, 0.15) is 5.57 Å². The van der Waals surface area contributed by atoms with Crippen molar-refractivity contribution in [1.82, 2.24) is 5.32 Å². The third-order valence-corrected chi connectivity index (χ3v) is 5.11. The van der Waals surface area contributed by atoms with Gasteiger partial charge in [0, 0.05) is 23.8 Å². The first-order valence-corrected chi connectivity index (χ1v) is 9.43. The number of carbonyl (C=O) groups is 3. The molecule has 2 aliphatic heterocycles. The third kappa shape index (κ3) is 3.51. The van der Waals surface area contributed by atoms with Crippen LogP contribution in [0, 0.1) is 0 Å². The number of anilines is 2. The fourth-order valence-electron chi connectivity index (χ4n) is 3.41. The van der Waals surface area contributed by atoms with Gasteiger partial charge in [0.05, 0.1) is 5.69 Å². The molecule has 4 amide bonds. The molecule has 2 aromatic rings. The molecule has 2 aromatic carbocycles. The van der Waals surface area contributed by atoms with Crippen LogP contribution in [0.2, 0.25) is 5.02 Å². The van der Waals surface area contributed by atoms with Crippen molar-refractivity contribution in [1.29, 1.82) is 0 Å². The van der Waals surface area contributed by atoms with E-state index in [1.807, 2.05) is 24.3 Å². The third-order valence-electron chi connectivity index (χ3n) is 4.86. The second kappa shape index (κ2) is 7.48. The molecular formula is C21H18ClN3O3. The lowest BCUT2D eigenvalue weighted by Crippen LogP contribution is -2.54. The summed E-state index contributed by atoms with van der Waals surface area (Å²) in [4.78, 5) is 40.5. The monoisotopic (exact) mass is 395 g/mol. The number of benzene rings is 2. The quantitative estimate of drug-likeness (QED) is 0.636. The highest BCUT2D eigenvalue weighted by Crippen LogP contribution is 2.25. The maximum Gasteiger partial charge on any atom is 0.335 e. The molecule has 0 aromatic heterocycles. The van der Waals surface area contributed by atoms with E-state index < -0.39 is 17.8 Å². The zero-order valence-corrected chi connectivity index (χ0v) is 15.8. The van der Waals surface area contributed by atoms with Crippen molar-refractivity contribution in [2.24, 2.45) is 0 Å². The average molecular weight is 396 g/mol. The number of halogens is 1. The molecule has 0 radical (unpaired) electrons. The van der Waals surface area contributed by atoms with Crippen LogP contribution < -0.4 is 15.1 Å². The van der Waals surface area contributed by atoms with Crippen LogP contribution in [0.4, 0.5) is 16.2 Å². The van der Waals surface area contributed by atoms with Crippen molar-refractivity contribution in [2.45, 2.75) is 12.8 Å². The molecule has 2 aliphatic rings. The van der Waals surface area contributed by atoms with E-state index in [2.05, 4.69) is 10.2 Å². The molecule has 28 heavy (non-hydrogen) atoms. The summed E-state index contributed by atoms with van der Waals surface area (Å²) in [5.74, 6) is -1.37. The van der Waals surface area contributed by atoms with Gasteiger partial charge in [0.15, 0.2) is 0 Å². The number of imide groups is 2. The first kappa shape index (κ1) is 18.3. The van der Waals surface area contributed by atoms with Gasteiger partial charge in [-0.1, -0.05) is 23.7 Å². The number of amides is 4. The van der Waals surface area contributed by atoms with Gasteiger partial charge in [-0.15, -0.1) is 0 Å². The minimum Gasteiger partial charge on any atom is -0.372 e. The Labute approximate surface area is 167 Å². The Bertz CT molecular complexity index is 961. The largest absolute Gasteiger partial charge is 0.372 e. The first-order chi connectivity index (χ1) is 13.5. The Morgan fingerprint density at radius 1 is 0.857 bits per heavy atom. The molecule has 2 saturated heterocycles. The standard InChI is InChI=1S/C21H18ClN3O3/c22-15-5-9-17(10-6-15)25-20(27)18(19(26)23-21(25)28)13-14-3-7-16(8-4-14)24-11-1-2-12-24/h3-10,13H,1-2,11-12H2,(H,23,26,28). The van der Waals surface area contributed by atoms with Gasteiger partial charge in [0.2, 0.25) is 0 Å². The van der Waals surface area contributed by atoms with Crippen molar-refractivity contribution >= 4 is 46.9 Å². The van der Waals surface area contributed by atoms with Crippen molar-refractivity contribution in [3.63, 3.8) is 0 Å². The van der Waals surface area contributed by atoms with Gasteiger partial charge < -0.3 is 4.90 Å². The van der Waals surface area contributed by atoms with Gasteiger partial charge in [-0.05, 0) is 60.9 Å². The van der Waals surface area contributed by atoms with Crippen molar-refractivity contribution in [3.05, 3.63) is 64.7 Å². The molecule has 0 saturated carbocycles. The van der Waals surface area contributed by atoms with Crippen LogP contribution in [0.25, 0.3) is 6.08 Å². The molecule has 2 fully saturated rings. The van der Waals surface area contributed by atoms with Gasteiger partial charge in [-0.2, -0.15) is 0 Å². The van der Waals surface area contributed by atoms with Crippen LogP contribution in [0.5, 0.6) is 0 Å². The summed E-state index contributed by atoms with van der Waals surface area (Å²) >= 11 is 5.87. The van der Waals surface area contributed by atoms with E-state index in [0.29, 0.717) is 16.3 Å². The molecule has 0 unspecified atom stereocenters. The van der Waals surface area contributed by atoms with E-state index in [-0.39, 0.29) is 5.57 Å². The van der Waals surface area contributed by atoms with E-state index in [1.165, 1.54) is 18.9 Å². The molecule has 4 rings (SSSR count). The number of rotatable bonds is 3. The van der Waals surface area contributed by atoms with Crippen molar-refractivity contribution in [2.75, 3.05) is 22.9 Å². The number of barbiturate groups is 1. The Kier molecular flexibility index (Phi) is 4.88. The van der Waals surface area contributed by atoms with E-state index >= 15 is 0 Å². The van der Waals surface area contributed by atoms with Crippen molar-refractivity contribution in [3.8, 4) is 0 Å². The van der Waals surface area contributed by atoms with E-state index in [0.717, 1.165) is 23.7 Å². The molecule has 0 spiro atoms. The van der Waals surface area contributed by atoms with E-state index in [9.17, 15) is 14.4 Å². The predicted octanol–water partition coefficient (Wildman–Crippen LogP) is 3.61. The van der Waals surface area contributed by atoms with Crippen LogP contribution in [0.3, 0.4) is 0 Å². The minimum absolute atomic E-state index is 0.0940. The van der Waals surface area contributed by atoms with Crippen LogP contribution in [-0.4, -0.2) is 30.9 Å². The lowest BCUT2D eigenvalue weighted by molar-refractivity contribution is -0.122. The van der Waals surface area contributed by atoms with Crippen LogP contribution in [0.15, 0.2) is 54.1 Å². The average Bonchev–Trinajstić information content (AvgIpc) is 3.22. The molecular weight excluding hydrogens is 378 g/mol. The number of nitrogens with one attached hydrogen (secondary N) is 1. The minimum atomic E-state index is -0.779. The van der Waals surface area contributed by atoms with E-state index in [4.69, 9.17) is 11.6 Å². The molecule has 1 N–H and O–H groups in total. The highest BCUT2D eigenvalue weighted by atomic mass is 35.5. The predicted molar refractivity (Wildman–Crippen MR) is 108 cm³/mol. The van der Waals surface area contributed by atoms with Gasteiger partial charge >= 0.3 is 6.03 Å². The van der Waals surface area contributed by atoms with E-state index in [1.54, 1.807) is 24.3 Å². The Balaban J connectivity index is 1.62. The molecule has 0 bridgehead atoms. The van der Waals surface area contributed by atoms with Crippen LogP contribution in [-0.2, 0) is 9.59 Å².